The molecule has 0 atom stereocenters. The molecular formula is C8H9N5O. The Hall–Kier alpha value is -2.11. The number of hydrogen-bond acceptors (Lipinski definition) is 4. The molecule has 2 rings (SSSR count). The number of fused-ring (bicyclic) bond motifs is 1. The van der Waals surface area contributed by atoms with Crippen molar-refractivity contribution >= 4 is 17.4 Å². The van der Waals surface area contributed by atoms with Crippen molar-refractivity contribution in [3.63, 3.8) is 0 Å². The summed E-state index contributed by atoms with van der Waals surface area (Å²) in [5.41, 5.74) is 12.2. The smallest absolute Gasteiger partial charge is 0.256 e. The molecule has 2 heterocycles. The Balaban J connectivity index is 2.84. The van der Waals surface area contributed by atoms with Crippen molar-refractivity contribution in [2.45, 2.75) is 6.92 Å². The third-order valence-electron chi connectivity index (χ3n) is 1.88. The summed E-state index contributed by atoms with van der Waals surface area (Å²) in [4.78, 5) is 15.1. The number of hydrogen-bond donors (Lipinski definition) is 2. The molecule has 2 aromatic heterocycles. The lowest BCUT2D eigenvalue weighted by Crippen LogP contribution is -2.13. The molecule has 6 nitrogen and oxygen atoms in total. The fourth-order valence-corrected chi connectivity index (χ4v) is 1.28. The molecule has 6 heteroatoms. The van der Waals surface area contributed by atoms with Crippen LogP contribution in [0, 0.1) is 6.92 Å². The minimum absolute atomic E-state index is 0.107. The molecule has 2 aromatic rings. The maximum atomic E-state index is 11.0. The summed E-state index contributed by atoms with van der Waals surface area (Å²) in [5, 5.41) is 3.93. The van der Waals surface area contributed by atoms with E-state index in [0.717, 1.165) is 5.56 Å². The highest BCUT2D eigenvalue weighted by molar-refractivity contribution is 6.03. The average molecular weight is 191 g/mol. The van der Waals surface area contributed by atoms with Crippen LogP contribution in [0.15, 0.2) is 12.4 Å². The van der Waals surface area contributed by atoms with E-state index in [9.17, 15) is 4.79 Å². The van der Waals surface area contributed by atoms with Crippen molar-refractivity contribution in [3.8, 4) is 0 Å². The van der Waals surface area contributed by atoms with Crippen molar-refractivity contribution in [1.82, 2.24) is 14.6 Å². The van der Waals surface area contributed by atoms with Crippen LogP contribution in [-0.2, 0) is 0 Å². The molecule has 0 aromatic carbocycles. The predicted octanol–water partition coefficient (Wildman–Crippen LogP) is -0.281. The van der Waals surface area contributed by atoms with Crippen LogP contribution in [0.1, 0.15) is 15.9 Å². The number of carbonyl (C=O) groups is 1. The lowest BCUT2D eigenvalue weighted by molar-refractivity contribution is 0.100. The van der Waals surface area contributed by atoms with Gasteiger partial charge in [-0.1, -0.05) is 0 Å². The molecule has 0 fully saturated rings. The van der Waals surface area contributed by atoms with E-state index in [1.165, 1.54) is 4.52 Å². The molecule has 0 aliphatic rings. The second-order valence-corrected chi connectivity index (χ2v) is 3.02. The topological polar surface area (TPSA) is 99.3 Å². The first-order chi connectivity index (χ1) is 6.59. The van der Waals surface area contributed by atoms with Gasteiger partial charge in [-0.2, -0.15) is 0 Å². The molecular weight excluding hydrogens is 182 g/mol. The molecule has 14 heavy (non-hydrogen) atoms. The molecule has 4 N–H and O–H groups in total. The lowest BCUT2D eigenvalue weighted by Gasteiger charge is -1.94. The Morgan fingerprint density at radius 3 is 2.93 bits per heavy atom. The highest BCUT2D eigenvalue weighted by Gasteiger charge is 2.15. The minimum Gasteiger partial charge on any atom is -0.381 e. The maximum absolute atomic E-state index is 11.0. The molecule has 0 radical (unpaired) electrons. The van der Waals surface area contributed by atoms with Gasteiger partial charge in [0.05, 0.1) is 0 Å². The van der Waals surface area contributed by atoms with Crippen molar-refractivity contribution in [1.29, 1.82) is 0 Å². The number of aryl methyl sites for hydroxylation is 1. The van der Waals surface area contributed by atoms with Crippen LogP contribution in [0.25, 0.3) is 5.65 Å². The lowest BCUT2D eigenvalue weighted by atomic mass is 10.3. The molecule has 0 aliphatic carbocycles. The van der Waals surface area contributed by atoms with E-state index in [0.29, 0.717) is 5.65 Å². The van der Waals surface area contributed by atoms with Gasteiger partial charge in [0.2, 0.25) is 0 Å². The number of carbonyl (C=O) groups excluding carboxylic acids is 1. The summed E-state index contributed by atoms with van der Waals surface area (Å²) >= 11 is 0. The fraction of sp³-hybridized carbons (Fsp3) is 0.125. The van der Waals surface area contributed by atoms with Gasteiger partial charge in [-0.25, -0.2) is 9.50 Å². The largest absolute Gasteiger partial charge is 0.381 e. The summed E-state index contributed by atoms with van der Waals surface area (Å²) < 4.78 is 1.45. The van der Waals surface area contributed by atoms with Gasteiger partial charge in [-0.05, 0) is 12.5 Å². The molecule has 0 saturated heterocycles. The zero-order chi connectivity index (χ0) is 10.3. The van der Waals surface area contributed by atoms with Crippen LogP contribution < -0.4 is 11.5 Å². The van der Waals surface area contributed by atoms with Gasteiger partial charge >= 0.3 is 0 Å². The second kappa shape index (κ2) is 2.69. The quantitative estimate of drug-likeness (QED) is 0.647. The van der Waals surface area contributed by atoms with Crippen molar-refractivity contribution in [2.24, 2.45) is 5.73 Å². The molecule has 0 aliphatic heterocycles. The zero-order valence-corrected chi connectivity index (χ0v) is 7.56. The highest BCUT2D eigenvalue weighted by Crippen LogP contribution is 2.14. The third kappa shape index (κ3) is 1.08. The first kappa shape index (κ1) is 8.49. The van der Waals surface area contributed by atoms with Gasteiger partial charge in [-0.3, -0.25) is 4.79 Å². The number of nitrogens with zero attached hydrogens (tertiary/aromatic N) is 3. The molecule has 0 unspecified atom stereocenters. The zero-order valence-electron chi connectivity index (χ0n) is 7.56. The van der Waals surface area contributed by atoms with Crippen molar-refractivity contribution < 1.29 is 4.79 Å². The third-order valence-corrected chi connectivity index (χ3v) is 1.88. The van der Waals surface area contributed by atoms with Crippen molar-refractivity contribution in [2.75, 3.05) is 5.73 Å². The van der Waals surface area contributed by atoms with Crippen LogP contribution in [0.3, 0.4) is 0 Å². The van der Waals surface area contributed by atoms with Crippen molar-refractivity contribution in [3.05, 3.63) is 23.5 Å². The SMILES string of the molecule is Cc1cnc2c(C(N)=O)c(N)nn2c1. The van der Waals surface area contributed by atoms with E-state index in [-0.39, 0.29) is 11.4 Å². The van der Waals surface area contributed by atoms with Gasteiger partial charge in [0.1, 0.15) is 5.56 Å². The summed E-state index contributed by atoms with van der Waals surface area (Å²) in [7, 11) is 0. The highest BCUT2D eigenvalue weighted by atomic mass is 16.1. The second-order valence-electron chi connectivity index (χ2n) is 3.02. The summed E-state index contributed by atoms with van der Waals surface area (Å²) in [6.07, 6.45) is 3.36. The summed E-state index contributed by atoms with van der Waals surface area (Å²) in [6, 6.07) is 0. The number of aromatic nitrogens is 3. The molecule has 1 amide bonds. The Labute approximate surface area is 79.5 Å². The van der Waals surface area contributed by atoms with E-state index in [1.54, 1.807) is 12.4 Å². The fourth-order valence-electron chi connectivity index (χ4n) is 1.28. The number of nitrogens with two attached hydrogens (primary N) is 2. The van der Waals surface area contributed by atoms with Crippen LogP contribution in [0.5, 0.6) is 0 Å². The molecule has 72 valence electrons. The maximum Gasteiger partial charge on any atom is 0.256 e. The minimum atomic E-state index is -0.617. The Morgan fingerprint density at radius 1 is 1.57 bits per heavy atom. The Kier molecular flexibility index (Phi) is 1.63. The standard InChI is InChI=1S/C8H9N5O/c1-4-2-11-8-5(7(10)14)6(9)12-13(8)3-4/h2-3H,1H3,(H2,9,12)(H2,10,14). The van der Waals surface area contributed by atoms with Crippen LogP contribution in [-0.4, -0.2) is 20.5 Å². The van der Waals surface area contributed by atoms with E-state index >= 15 is 0 Å². The monoisotopic (exact) mass is 191 g/mol. The first-order valence-electron chi connectivity index (χ1n) is 4.00. The Morgan fingerprint density at radius 2 is 2.29 bits per heavy atom. The van der Waals surface area contributed by atoms with Gasteiger partial charge < -0.3 is 11.5 Å². The number of nitrogen functional groups attached to an aromatic ring is 1. The summed E-state index contributed by atoms with van der Waals surface area (Å²) in [6.45, 7) is 1.87. The number of amides is 1. The van der Waals surface area contributed by atoms with E-state index < -0.39 is 5.91 Å². The number of anilines is 1. The number of primary amides is 1. The van der Waals surface area contributed by atoms with Gasteiger partial charge in [0.25, 0.3) is 5.91 Å². The molecule has 0 saturated carbocycles. The average Bonchev–Trinajstić information content (AvgIpc) is 2.39. The predicted molar refractivity (Wildman–Crippen MR) is 50.7 cm³/mol. The van der Waals surface area contributed by atoms with Crippen LogP contribution in [0.2, 0.25) is 0 Å². The molecule has 0 spiro atoms. The van der Waals surface area contributed by atoms with E-state index in [4.69, 9.17) is 11.5 Å². The normalized spacial score (nSPS) is 10.6. The van der Waals surface area contributed by atoms with Gasteiger partial charge in [-0.15, -0.1) is 5.10 Å². The summed E-state index contributed by atoms with van der Waals surface area (Å²) in [5.74, 6) is -0.510. The van der Waals surface area contributed by atoms with E-state index in [2.05, 4.69) is 10.1 Å². The Bertz CT molecular complexity index is 516. The van der Waals surface area contributed by atoms with Gasteiger partial charge in [0.15, 0.2) is 11.5 Å². The van der Waals surface area contributed by atoms with Crippen LogP contribution in [0.4, 0.5) is 5.82 Å². The van der Waals surface area contributed by atoms with E-state index in [1.807, 2.05) is 6.92 Å². The number of rotatable bonds is 1. The molecule has 0 bridgehead atoms. The van der Waals surface area contributed by atoms with Gasteiger partial charge in [0, 0.05) is 12.4 Å². The van der Waals surface area contributed by atoms with Crippen LogP contribution >= 0.6 is 0 Å². The first-order valence-corrected chi connectivity index (χ1v) is 4.00.